The van der Waals surface area contributed by atoms with Gasteiger partial charge in [0, 0.05) is 27.4 Å². The number of nitrogens with zero attached hydrogens (tertiary/aromatic N) is 1. The lowest BCUT2D eigenvalue weighted by Gasteiger charge is -2.16. The van der Waals surface area contributed by atoms with E-state index in [1.54, 1.807) is 48.5 Å². The highest BCUT2D eigenvalue weighted by Crippen LogP contribution is 2.30. The van der Waals surface area contributed by atoms with Crippen LogP contribution in [0.15, 0.2) is 142 Å². The number of para-hydroxylation sites is 2. The number of hydrogen-bond acceptors (Lipinski definition) is 6. The molecular weight excluding hydrogens is 640 g/mol. The molecule has 0 spiro atoms. The molecule has 1 heterocycles. The summed E-state index contributed by atoms with van der Waals surface area (Å²) in [7, 11) is 0. The molecule has 0 radical (unpaired) electrons. The van der Waals surface area contributed by atoms with Crippen LogP contribution in [0.1, 0.15) is 29.3 Å². The fourth-order valence-corrected chi connectivity index (χ4v) is 5.93. The van der Waals surface area contributed by atoms with Gasteiger partial charge in [-0.25, -0.2) is 9.37 Å². The second kappa shape index (κ2) is 15.3. The number of anilines is 2. The molecule has 49 heavy (non-hydrogen) atoms. The zero-order valence-corrected chi connectivity index (χ0v) is 27.2. The third-order valence-electron chi connectivity index (χ3n) is 7.44. The summed E-state index contributed by atoms with van der Waals surface area (Å²) in [5.74, 6) is -1.11. The van der Waals surface area contributed by atoms with Gasteiger partial charge in [-0.1, -0.05) is 55.5 Å². The monoisotopic (exact) mass is 670 g/mol. The van der Waals surface area contributed by atoms with Gasteiger partial charge in [-0.2, -0.15) is 0 Å². The maximum absolute atomic E-state index is 13.5. The lowest BCUT2D eigenvalue weighted by atomic mass is 10.1. The van der Waals surface area contributed by atoms with Gasteiger partial charge in [0.1, 0.15) is 17.0 Å². The summed E-state index contributed by atoms with van der Waals surface area (Å²) in [6, 6.07) is 36.1. The van der Waals surface area contributed by atoms with Crippen molar-refractivity contribution in [3.05, 3.63) is 150 Å². The Morgan fingerprint density at radius 1 is 0.816 bits per heavy atom. The highest BCUT2D eigenvalue weighted by molar-refractivity contribution is 8.00. The van der Waals surface area contributed by atoms with Crippen molar-refractivity contribution >= 4 is 58.0 Å². The summed E-state index contributed by atoms with van der Waals surface area (Å²) in [4.78, 5) is 45.0. The summed E-state index contributed by atoms with van der Waals surface area (Å²) in [5, 5.41) is 8.09. The van der Waals surface area contributed by atoms with E-state index in [0.717, 1.165) is 16.0 Å². The molecule has 0 aliphatic rings. The maximum Gasteiger partial charge on any atom is 0.272 e. The molecule has 10 heteroatoms. The van der Waals surface area contributed by atoms with Crippen molar-refractivity contribution in [3.8, 4) is 11.5 Å². The van der Waals surface area contributed by atoms with Gasteiger partial charge in [-0.05, 0) is 96.9 Å². The van der Waals surface area contributed by atoms with E-state index in [1.807, 2.05) is 61.5 Å². The number of carbonyl (C=O) groups excluding carboxylic acids is 3. The largest absolute Gasteiger partial charge is 0.436 e. The van der Waals surface area contributed by atoms with Gasteiger partial charge >= 0.3 is 0 Å². The van der Waals surface area contributed by atoms with Gasteiger partial charge in [0.2, 0.25) is 11.8 Å². The van der Waals surface area contributed by atoms with Crippen LogP contribution in [-0.2, 0) is 9.59 Å². The van der Waals surface area contributed by atoms with Crippen LogP contribution in [0, 0.1) is 5.82 Å². The second-order valence-corrected chi connectivity index (χ2v) is 12.3. The summed E-state index contributed by atoms with van der Waals surface area (Å²) in [6.07, 6.45) is 2.04. The van der Waals surface area contributed by atoms with Crippen LogP contribution in [0.3, 0.4) is 0 Å². The standard InChI is InChI=1S/C39H31FN4O4S/c1-2-35(38(47)41-29-21-17-27(18-22-29)39-44-32-13-6-7-14-34(32)48-39)49-31-12-8-11-30(24-31)42-37(46)33(23-25-15-19-28(40)20-16-25)43-36(45)26-9-4-3-5-10-26/h3-24,35H,2H2,1H3,(H,41,47)(H,42,46)(H,43,45)/b33-23-. The lowest BCUT2D eigenvalue weighted by molar-refractivity contribution is -0.116. The third-order valence-corrected chi connectivity index (χ3v) is 8.79. The maximum atomic E-state index is 13.5. The number of benzene rings is 5. The number of hydrogen-bond donors (Lipinski definition) is 3. The highest BCUT2D eigenvalue weighted by Gasteiger charge is 2.20. The van der Waals surface area contributed by atoms with Crippen molar-refractivity contribution < 1.29 is 23.2 Å². The number of amides is 3. The molecule has 3 amide bonds. The Morgan fingerprint density at radius 2 is 1.55 bits per heavy atom. The van der Waals surface area contributed by atoms with E-state index in [-0.39, 0.29) is 11.6 Å². The van der Waals surface area contributed by atoms with E-state index < -0.39 is 22.9 Å². The van der Waals surface area contributed by atoms with Crippen molar-refractivity contribution in [2.24, 2.45) is 0 Å². The van der Waals surface area contributed by atoms with Crippen molar-refractivity contribution in [2.75, 3.05) is 10.6 Å². The van der Waals surface area contributed by atoms with Crippen LogP contribution in [0.25, 0.3) is 28.6 Å². The molecule has 6 aromatic rings. The zero-order valence-electron chi connectivity index (χ0n) is 26.4. The minimum absolute atomic E-state index is 0.0218. The Labute approximate surface area is 286 Å². The molecular formula is C39H31FN4O4S. The van der Waals surface area contributed by atoms with Gasteiger partial charge < -0.3 is 20.4 Å². The van der Waals surface area contributed by atoms with Gasteiger partial charge in [-0.3, -0.25) is 14.4 Å². The number of thioether (sulfide) groups is 1. The first-order valence-corrected chi connectivity index (χ1v) is 16.4. The molecule has 5 aromatic carbocycles. The molecule has 1 unspecified atom stereocenters. The van der Waals surface area contributed by atoms with Crippen molar-refractivity contribution in [2.45, 2.75) is 23.5 Å². The SMILES string of the molecule is CCC(Sc1cccc(NC(=O)/C(=C/c2ccc(F)cc2)NC(=O)c2ccccc2)c1)C(=O)Nc1ccc(-c2nc3ccccc3o2)cc1. The van der Waals surface area contributed by atoms with Crippen LogP contribution in [0.4, 0.5) is 15.8 Å². The van der Waals surface area contributed by atoms with Crippen molar-refractivity contribution in [1.82, 2.24) is 10.3 Å². The van der Waals surface area contributed by atoms with Crippen LogP contribution < -0.4 is 16.0 Å². The summed E-state index contributed by atoms with van der Waals surface area (Å²) >= 11 is 1.37. The predicted octanol–water partition coefficient (Wildman–Crippen LogP) is 8.55. The molecule has 3 N–H and O–H groups in total. The summed E-state index contributed by atoms with van der Waals surface area (Å²) in [6.45, 7) is 1.93. The van der Waals surface area contributed by atoms with E-state index >= 15 is 0 Å². The van der Waals surface area contributed by atoms with Crippen LogP contribution in [-0.4, -0.2) is 28.0 Å². The number of rotatable bonds is 11. The van der Waals surface area contributed by atoms with E-state index in [4.69, 9.17) is 4.42 Å². The Balaban J connectivity index is 1.12. The highest BCUT2D eigenvalue weighted by atomic mass is 32.2. The Kier molecular flexibility index (Phi) is 10.3. The van der Waals surface area contributed by atoms with Gasteiger partial charge in [0.15, 0.2) is 5.58 Å². The van der Waals surface area contributed by atoms with Gasteiger partial charge in [-0.15, -0.1) is 11.8 Å². The Morgan fingerprint density at radius 3 is 2.29 bits per heavy atom. The minimum Gasteiger partial charge on any atom is -0.436 e. The third kappa shape index (κ3) is 8.48. The average Bonchev–Trinajstić information content (AvgIpc) is 3.56. The summed E-state index contributed by atoms with van der Waals surface area (Å²) in [5.41, 5.74) is 4.28. The molecule has 244 valence electrons. The molecule has 1 atom stereocenters. The number of halogens is 1. The number of carbonyl (C=O) groups is 3. The lowest BCUT2D eigenvalue weighted by Crippen LogP contribution is -2.30. The smallest absolute Gasteiger partial charge is 0.272 e. The van der Waals surface area contributed by atoms with E-state index in [0.29, 0.717) is 40.4 Å². The van der Waals surface area contributed by atoms with Crippen LogP contribution >= 0.6 is 11.8 Å². The first-order chi connectivity index (χ1) is 23.8. The first kappa shape index (κ1) is 32.9. The second-order valence-electron chi connectivity index (χ2n) is 11.0. The number of fused-ring (bicyclic) bond motifs is 1. The molecule has 0 saturated heterocycles. The Bertz CT molecular complexity index is 2100. The summed E-state index contributed by atoms with van der Waals surface area (Å²) < 4.78 is 19.4. The quantitative estimate of drug-likeness (QED) is 0.0941. The normalized spacial score (nSPS) is 11.9. The predicted molar refractivity (Wildman–Crippen MR) is 191 cm³/mol. The Hall–Kier alpha value is -6.00. The fourth-order valence-electron chi connectivity index (χ4n) is 4.91. The minimum atomic E-state index is -0.568. The van der Waals surface area contributed by atoms with Crippen molar-refractivity contribution in [3.63, 3.8) is 0 Å². The molecule has 0 aliphatic heterocycles. The molecule has 0 aliphatic carbocycles. The zero-order chi connectivity index (χ0) is 34.2. The van der Waals surface area contributed by atoms with Crippen molar-refractivity contribution in [1.29, 1.82) is 0 Å². The molecule has 0 fully saturated rings. The average molecular weight is 671 g/mol. The molecule has 8 nitrogen and oxygen atoms in total. The topological polar surface area (TPSA) is 113 Å². The number of oxazole rings is 1. The molecule has 1 aromatic heterocycles. The van der Waals surface area contributed by atoms with Crippen LogP contribution in [0.2, 0.25) is 0 Å². The molecule has 6 rings (SSSR count). The fraction of sp³-hybridized carbons (Fsp3) is 0.0769. The molecule has 0 bridgehead atoms. The van der Waals surface area contributed by atoms with E-state index in [9.17, 15) is 18.8 Å². The number of nitrogens with one attached hydrogen (secondary N) is 3. The van der Waals surface area contributed by atoms with Gasteiger partial charge in [0.25, 0.3) is 11.8 Å². The van der Waals surface area contributed by atoms with E-state index in [1.165, 1.54) is 42.1 Å². The first-order valence-electron chi connectivity index (χ1n) is 15.5. The van der Waals surface area contributed by atoms with Crippen LogP contribution in [0.5, 0.6) is 0 Å². The van der Waals surface area contributed by atoms with E-state index in [2.05, 4.69) is 20.9 Å². The van der Waals surface area contributed by atoms with Gasteiger partial charge in [0.05, 0.1) is 5.25 Å². The molecule has 0 saturated carbocycles. The number of aromatic nitrogens is 1.